The highest BCUT2D eigenvalue weighted by atomic mass is 16.2. The van der Waals surface area contributed by atoms with Crippen LogP contribution in [0.3, 0.4) is 0 Å². The number of amides is 1. The van der Waals surface area contributed by atoms with Gasteiger partial charge in [0.2, 0.25) is 0 Å². The standard InChI is InChI=1S/C14H18N2O/c17-14(12-5-2-1-3-6-12)16-10-9-15-8-4-7-13(15)11-16/h1-3,5-6,13H,4,7-11H2. The van der Waals surface area contributed by atoms with Gasteiger partial charge >= 0.3 is 0 Å². The number of nitrogens with zero attached hydrogens (tertiary/aromatic N) is 2. The molecule has 2 aliphatic heterocycles. The minimum Gasteiger partial charge on any atom is -0.336 e. The van der Waals surface area contributed by atoms with Gasteiger partial charge in [-0.3, -0.25) is 9.69 Å². The third-order valence-electron chi connectivity index (χ3n) is 3.90. The maximum Gasteiger partial charge on any atom is 0.253 e. The number of hydrogen-bond acceptors (Lipinski definition) is 2. The van der Waals surface area contributed by atoms with Crippen molar-refractivity contribution in [3.05, 3.63) is 35.9 Å². The minimum absolute atomic E-state index is 0.192. The first kappa shape index (κ1) is 10.8. The van der Waals surface area contributed by atoms with E-state index in [2.05, 4.69) is 4.90 Å². The lowest BCUT2D eigenvalue weighted by molar-refractivity contribution is 0.0571. The van der Waals surface area contributed by atoms with Gasteiger partial charge in [0, 0.05) is 31.2 Å². The maximum absolute atomic E-state index is 12.3. The second-order valence-electron chi connectivity index (χ2n) is 4.95. The second kappa shape index (κ2) is 4.49. The Balaban J connectivity index is 1.71. The number of rotatable bonds is 1. The molecule has 1 aromatic carbocycles. The van der Waals surface area contributed by atoms with E-state index < -0.39 is 0 Å². The predicted molar refractivity (Wildman–Crippen MR) is 66.9 cm³/mol. The molecule has 0 aliphatic carbocycles. The minimum atomic E-state index is 0.192. The molecule has 2 heterocycles. The molecule has 1 unspecified atom stereocenters. The summed E-state index contributed by atoms with van der Waals surface area (Å²) in [5, 5.41) is 0. The first-order valence-corrected chi connectivity index (χ1v) is 6.43. The van der Waals surface area contributed by atoms with Crippen LogP contribution in [0.5, 0.6) is 0 Å². The molecule has 1 aromatic rings. The number of benzene rings is 1. The first-order chi connectivity index (χ1) is 8.34. The third-order valence-corrected chi connectivity index (χ3v) is 3.90. The molecule has 0 spiro atoms. The van der Waals surface area contributed by atoms with E-state index in [-0.39, 0.29) is 5.91 Å². The summed E-state index contributed by atoms with van der Waals surface area (Å²) in [6.45, 7) is 4.05. The van der Waals surface area contributed by atoms with E-state index in [4.69, 9.17) is 0 Å². The van der Waals surface area contributed by atoms with Gasteiger partial charge < -0.3 is 4.90 Å². The Kier molecular flexibility index (Phi) is 2.85. The van der Waals surface area contributed by atoms with Crippen LogP contribution in [0.25, 0.3) is 0 Å². The van der Waals surface area contributed by atoms with E-state index in [1.54, 1.807) is 0 Å². The SMILES string of the molecule is O=C(c1ccccc1)N1CCN2CCCC2C1. The maximum atomic E-state index is 12.3. The van der Waals surface area contributed by atoms with Gasteiger partial charge in [0.05, 0.1) is 0 Å². The summed E-state index contributed by atoms with van der Waals surface area (Å²) >= 11 is 0. The molecule has 90 valence electrons. The average Bonchev–Trinajstić information content (AvgIpc) is 2.86. The zero-order valence-electron chi connectivity index (χ0n) is 10.0. The molecule has 3 rings (SSSR count). The van der Waals surface area contributed by atoms with Gasteiger partial charge in [0.25, 0.3) is 5.91 Å². The number of carbonyl (C=O) groups excluding carboxylic acids is 1. The van der Waals surface area contributed by atoms with Gasteiger partial charge in [-0.1, -0.05) is 18.2 Å². The number of fused-ring (bicyclic) bond motifs is 1. The molecule has 0 saturated carbocycles. The third kappa shape index (κ3) is 2.07. The van der Waals surface area contributed by atoms with E-state index in [0.717, 1.165) is 25.2 Å². The van der Waals surface area contributed by atoms with Crippen molar-refractivity contribution >= 4 is 5.91 Å². The molecular formula is C14H18N2O. The molecule has 1 atom stereocenters. The summed E-state index contributed by atoms with van der Waals surface area (Å²) < 4.78 is 0. The van der Waals surface area contributed by atoms with Crippen molar-refractivity contribution in [3.8, 4) is 0 Å². The van der Waals surface area contributed by atoms with Gasteiger partial charge in [-0.2, -0.15) is 0 Å². The van der Waals surface area contributed by atoms with Gasteiger partial charge in [0.1, 0.15) is 0 Å². The van der Waals surface area contributed by atoms with Crippen LogP contribution in [0, 0.1) is 0 Å². The highest BCUT2D eigenvalue weighted by molar-refractivity contribution is 5.94. The molecule has 0 N–H and O–H groups in total. The average molecular weight is 230 g/mol. The lowest BCUT2D eigenvalue weighted by atomic mass is 10.1. The lowest BCUT2D eigenvalue weighted by Gasteiger charge is -2.37. The van der Waals surface area contributed by atoms with Crippen LogP contribution in [-0.4, -0.2) is 47.9 Å². The number of piperazine rings is 1. The van der Waals surface area contributed by atoms with Gasteiger partial charge in [-0.05, 0) is 31.5 Å². The van der Waals surface area contributed by atoms with Crippen molar-refractivity contribution in [2.45, 2.75) is 18.9 Å². The fraction of sp³-hybridized carbons (Fsp3) is 0.500. The highest BCUT2D eigenvalue weighted by Gasteiger charge is 2.32. The summed E-state index contributed by atoms with van der Waals surface area (Å²) in [6, 6.07) is 10.2. The largest absolute Gasteiger partial charge is 0.336 e. The fourth-order valence-electron chi connectivity index (χ4n) is 2.94. The molecule has 2 aliphatic rings. The van der Waals surface area contributed by atoms with Crippen LogP contribution in [0.2, 0.25) is 0 Å². The van der Waals surface area contributed by atoms with E-state index in [1.807, 2.05) is 35.2 Å². The van der Waals surface area contributed by atoms with Crippen LogP contribution < -0.4 is 0 Å². The van der Waals surface area contributed by atoms with Crippen molar-refractivity contribution in [3.63, 3.8) is 0 Å². The summed E-state index contributed by atoms with van der Waals surface area (Å²) in [7, 11) is 0. The first-order valence-electron chi connectivity index (χ1n) is 6.43. The highest BCUT2D eigenvalue weighted by Crippen LogP contribution is 2.22. The van der Waals surface area contributed by atoms with E-state index >= 15 is 0 Å². The van der Waals surface area contributed by atoms with Crippen LogP contribution >= 0.6 is 0 Å². The number of hydrogen-bond donors (Lipinski definition) is 0. The van der Waals surface area contributed by atoms with Crippen LogP contribution in [0.1, 0.15) is 23.2 Å². The zero-order valence-corrected chi connectivity index (χ0v) is 10.0. The Bertz CT molecular complexity index is 404. The van der Waals surface area contributed by atoms with Crippen LogP contribution in [-0.2, 0) is 0 Å². The normalized spacial score (nSPS) is 24.7. The summed E-state index contributed by atoms with van der Waals surface area (Å²) in [4.78, 5) is 16.8. The Morgan fingerprint density at radius 3 is 2.76 bits per heavy atom. The lowest BCUT2D eigenvalue weighted by Crippen LogP contribution is -2.52. The zero-order chi connectivity index (χ0) is 11.7. The molecule has 0 radical (unpaired) electrons. The molecule has 1 amide bonds. The molecule has 2 saturated heterocycles. The predicted octanol–water partition coefficient (Wildman–Crippen LogP) is 1.61. The van der Waals surface area contributed by atoms with Crippen molar-refractivity contribution in [1.29, 1.82) is 0 Å². The summed E-state index contributed by atoms with van der Waals surface area (Å²) in [6.07, 6.45) is 2.54. The Labute approximate surface area is 102 Å². The Morgan fingerprint density at radius 1 is 1.12 bits per heavy atom. The topological polar surface area (TPSA) is 23.6 Å². The van der Waals surface area contributed by atoms with Gasteiger partial charge in [-0.15, -0.1) is 0 Å². The molecule has 3 heteroatoms. The molecule has 0 aromatic heterocycles. The quantitative estimate of drug-likeness (QED) is 0.731. The Morgan fingerprint density at radius 2 is 1.94 bits per heavy atom. The van der Waals surface area contributed by atoms with E-state index in [0.29, 0.717) is 6.04 Å². The van der Waals surface area contributed by atoms with Crippen molar-refractivity contribution in [1.82, 2.24) is 9.80 Å². The molecule has 17 heavy (non-hydrogen) atoms. The molecule has 0 bridgehead atoms. The van der Waals surface area contributed by atoms with Crippen molar-refractivity contribution in [2.75, 3.05) is 26.2 Å². The van der Waals surface area contributed by atoms with E-state index in [1.165, 1.54) is 19.4 Å². The summed E-state index contributed by atoms with van der Waals surface area (Å²) in [5.74, 6) is 0.192. The van der Waals surface area contributed by atoms with Crippen molar-refractivity contribution in [2.24, 2.45) is 0 Å². The second-order valence-corrected chi connectivity index (χ2v) is 4.95. The smallest absolute Gasteiger partial charge is 0.253 e. The van der Waals surface area contributed by atoms with Crippen LogP contribution in [0.4, 0.5) is 0 Å². The monoisotopic (exact) mass is 230 g/mol. The summed E-state index contributed by atoms with van der Waals surface area (Å²) in [5.41, 5.74) is 0.818. The van der Waals surface area contributed by atoms with E-state index in [9.17, 15) is 4.79 Å². The fourth-order valence-corrected chi connectivity index (χ4v) is 2.94. The molecule has 2 fully saturated rings. The van der Waals surface area contributed by atoms with Gasteiger partial charge in [0.15, 0.2) is 0 Å². The molecular weight excluding hydrogens is 212 g/mol. The van der Waals surface area contributed by atoms with Gasteiger partial charge in [-0.25, -0.2) is 0 Å². The molecule has 3 nitrogen and oxygen atoms in total. The Hall–Kier alpha value is -1.35. The number of carbonyl (C=O) groups is 1. The van der Waals surface area contributed by atoms with Crippen LogP contribution in [0.15, 0.2) is 30.3 Å². The van der Waals surface area contributed by atoms with Crippen molar-refractivity contribution < 1.29 is 4.79 Å².